The number of anilines is 1. The number of piperidine rings is 1. The van der Waals surface area contributed by atoms with Gasteiger partial charge in [0.1, 0.15) is 5.69 Å². The topological polar surface area (TPSA) is 145 Å². The van der Waals surface area contributed by atoms with E-state index in [9.17, 15) is 23.3 Å². The van der Waals surface area contributed by atoms with E-state index in [-0.39, 0.29) is 11.8 Å². The van der Waals surface area contributed by atoms with E-state index >= 15 is 0 Å². The second-order valence-corrected chi connectivity index (χ2v) is 6.89. The molecule has 24 heavy (non-hydrogen) atoms. The molecule has 0 atom stereocenters. The van der Waals surface area contributed by atoms with E-state index in [1.807, 2.05) is 0 Å². The lowest BCUT2D eigenvalue weighted by atomic mass is 10.1. The Morgan fingerprint density at radius 2 is 2.04 bits per heavy atom. The maximum absolute atomic E-state index is 12.2. The van der Waals surface area contributed by atoms with Gasteiger partial charge in [-0.05, 0) is 25.0 Å². The van der Waals surface area contributed by atoms with E-state index in [4.69, 9.17) is 9.88 Å². The van der Waals surface area contributed by atoms with Gasteiger partial charge in [-0.2, -0.15) is 0 Å². The molecule has 10 nitrogen and oxygen atoms in total. The van der Waals surface area contributed by atoms with E-state index in [0.717, 1.165) is 18.2 Å². The molecular formula is C13H18N4O6S. The number of primary sulfonamides is 1. The summed E-state index contributed by atoms with van der Waals surface area (Å²) in [5.74, 6) is 0. The minimum Gasteiger partial charge on any atom is -0.381 e. The lowest BCUT2D eigenvalue weighted by Gasteiger charge is -2.31. The van der Waals surface area contributed by atoms with Crippen LogP contribution in [0.5, 0.6) is 0 Å². The summed E-state index contributed by atoms with van der Waals surface area (Å²) < 4.78 is 27.8. The molecule has 1 aliphatic heterocycles. The van der Waals surface area contributed by atoms with Gasteiger partial charge < -0.3 is 15.0 Å². The van der Waals surface area contributed by atoms with E-state index in [1.54, 1.807) is 7.11 Å². The molecular weight excluding hydrogens is 340 g/mol. The van der Waals surface area contributed by atoms with Crippen LogP contribution in [0.25, 0.3) is 0 Å². The molecule has 0 unspecified atom stereocenters. The van der Waals surface area contributed by atoms with Crippen LogP contribution in [0, 0.1) is 10.1 Å². The van der Waals surface area contributed by atoms with Gasteiger partial charge in [-0.1, -0.05) is 0 Å². The Kier molecular flexibility index (Phi) is 5.36. The number of likely N-dealkylation sites (tertiary alicyclic amines) is 1. The molecule has 0 radical (unpaired) electrons. The molecule has 0 saturated carbocycles. The molecule has 132 valence electrons. The third-order valence-electron chi connectivity index (χ3n) is 3.80. The van der Waals surface area contributed by atoms with Crippen molar-refractivity contribution in [2.24, 2.45) is 5.14 Å². The number of rotatable bonds is 4. The molecule has 3 N–H and O–H groups in total. The predicted octanol–water partition coefficient (Wildman–Crippen LogP) is 0.885. The molecule has 1 fully saturated rings. The van der Waals surface area contributed by atoms with Crippen LogP contribution in [0.1, 0.15) is 12.8 Å². The second kappa shape index (κ2) is 7.11. The normalized spacial score (nSPS) is 16.0. The van der Waals surface area contributed by atoms with Crippen molar-refractivity contribution in [3.63, 3.8) is 0 Å². The summed E-state index contributed by atoms with van der Waals surface area (Å²) in [6, 6.07) is 2.59. The van der Waals surface area contributed by atoms with Gasteiger partial charge in [0.2, 0.25) is 10.0 Å². The van der Waals surface area contributed by atoms with Crippen LogP contribution < -0.4 is 10.5 Å². The largest absolute Gasteiger partial charge is 0.381 e. The maximum Gasteiger partial charge on any atom is 0.322 e. The number of carbonyl (C=O) groups excluding carboxylic acids is 1. The van der Waals surface area contributed by atoms with Gasteiger partial charge >= 0.3 is 6.03 Å². The molecule has 0 spiro atoms. The average molecular weight is 358 g/mol. The third-order valence-corrected chi connectivity index (χ3v) is 4.71. The van der Waals surface area contributed by atoms with Gasteiger partial charge in [0.15, 0.2) is 0 Å². The summed E-state index contributed by atoms with van der Waals surface area (Å²) in [6.45, 7) is 0.931. The number of nitro benzene ring substituents is 1. The minimum absolute atomic E-state index is 0.0914. The Labute approximate surface area is 138 Å². The number of nitrogens with two attached hydrogens (primary N) is 1. The number of nitrogens with one attached hydrogen (secondary N) is 1. The van der Waals surface area contributed by atoms with Gasteiger partial charge in [-0.15, -0.1) is 0 Å². The number of benzene rings is 1. The highest BCUT2D eigenvalue weighted by Gasteiger charge is 2.25. The molecule has 1 saturated heterocycles. The molecule has 1 heterocycles. The molecule has 0 aliphatic carbocycles. The van der Waals surface area contributed by atoms with Crippen molar-refractivity contribution in [3.8, 4) is 0 Å². The number of nitrogens with zero attached hydrogens (tertiary/aromatic N) is 2. The molecule has 1 aromatic carbocycles. The van der Waals surface area contributed by atoms with Crippen molar-refractivity contribution in [1.82, 2.24) is 4.90 Å². The molecule has 2 rings (SSSR count). The smallest absolute Gasteiger partial charge is 0.322 e. The van der Waals surface area contributed by atoms with Crippen LogP contribution in [0.15, 0.2) is 23.1 Å². The Bertz CT molecular complexity index is 743. The zero-order valence-electron chi connectivity index (χ0n) is 13.0. The second-order valence-electron chi connectivity index (χ2n) is 5.33. The first kappa shape index (κ1) is 18.1. The predicted molar refractivity (Wildman–Crippen MR) is 85.1 cm³/mol. The number of amides is 2. The minimum atomic E-state index is -4.08. The summed E-state index contributed by atoms with van der Waals surface area (Å²) in [4.78, 5) is 23.7. The summed E-state index contributed by atoms with van der Waals surface area (Å²) >= 11 is 0. The lowest BCUT2D eigenvalue weighted by molar-refractivity contribution is -0.384. The van der Waals surface area contributed by atoms with Crippen LogP contribution in [0.3, 0.4) is 0 Å². The highest BCUT2D eigenvalue weighted by molar-refractivity contribution is 7.89. The van der Waals surface area contributed by atoms with E-state index in [2.05, 4.69) is 5.32 Å². The third kappa shape index (κ3) is 4.19. The quantitative estimate of drug-likeness (QED) is 0.604. The summed E-state index contributed by atoms with van der Waals surface area (Å²) in [7, 11) is -2.47. The number of sulfonamides is 1. The fourth-order valence-electron chi connectivity index (χ4n) is 2.43. The van der Waals surface area contributed by atoms with Crippen LogP contribution in [-0.4, -0.2) is 50.6 Å². The van der Waals surface area contributed by atoms with Crippen LogP contribution in [0.4, 0.5) is 16.2 Å². The lowest BCUT2D eigenvalue weighted by Crippen LogP contribution is -2.42. The van der Waals surface area contributed by atoms with E-state index in [1.165, 1.54) is 4.90 Å². The van der Waals surface area contributed by atoms with Crippen molar-refractivity contribution in [2.75, 3.05) is 25.5 Å². The first-order chi connectivity index (χ1) is 11.2. The monoisotopic (exact) mass is 358 g/mol. The highest BCUT2D eigenvalue weighted by atomic mass is 32.2. The summed E-state index contributed by atoms with van der Waals surface area (Å²) in [6.07, 6.45) is 1.45. The van der Waals surface area contributed by atoms with Crippen LogP contribution in [-0.2, 0) is 14.8 Å². The van der Waals surface area contributed by atoms with Gasteiger partial charge in [0.05, 0.1) is 15.9 Å². The molecule has 1 aromatic rings. The Balaban J connectivity index is 2.17. The number of ether oxygens (including phenoxy) is 1. The Morgan fingerprint density at radius 3 is 2.54 bits per heavy atom. The number of carbonyl (C=O) groups is 1. The average Bonchev–Trinajstić information content (AvgIpc) is 2.54. The van der Waals surface area contributed by atoms with Crippen LogP contribution >= 0.6 is 0 Å². The number of hydrogen-bond donors (Lipinski definition) is 2. The fraction of sp³-hybridized carbons (Fsp3) is 0.462. The summed E-state index contributed by atoms with van der Waals surface area (Å²) in [5.41, 5.74) is -0.632. The Morgan fingerprint density at radius 1 is 1.42 bits per heavy atom. The van der Waals surface area contributed by atoms with Crippen molar-refractivity contribution >= 4 is 27.4 Å². The van der Waals surface area contributed by atoms with Gasteiger partial charge in [0, 0.05) is 26.3 Å². The SMILES string of the molecule is COC1CCN(C(=O)Nc2ccc(S(N)(=O)=O)cc2[N+](=O)[O-])CC1. The number of hydrogen-bond acceptors (Lipinski definition) is 6. The first-order valence-corrected chi connectivity index (χ1v) is 8.67. The first-order valence-electron chi connectivity index (χ1n) is 7.12. The number of methoxy groups -OCH3 is 1. The molecule has 2 amide bonds. The van der Waals surface area contributed by atoms with Crippen molar-refractivity contribution in [1.29, 1.82) is 0 Å². The number of nitro groups is 1. The molecule has 0 aromatic heterocycles. The fourth-order valence-corrected chi connectivity index (χ4v) is 2.97. The standard InChI is InChI=1S/C13H18N4O6S/c1-23-9-4-6-16(7-5-9)13(18)15-11-3-2-10(24(14,21)22)8-12(11)17(19)20/h2-3,8-9H,4-7H2,1H3,(H,15,18)(H2,14,21,22). The molecule has 11 heteroatoms. The zero-order chi connectivity index (χ0) is 17.9. The molecule has 1 aliphatic rings. The zero-order valence-corrected chi connectivity index (χ0v) is 13.8. The van der Waals surface area contributed by atoms with E-state index < -0.39 is 31.6 Å². The maximum atomic E-state index is 12.2. The molecule has 0 bridgehead atoms. The Hall–Kier alpha value is -2.24. The summed E-state index contributed by atoms with van der Waals surface area (Å²) in [5, 5.41) is 18.5. The number of urea groups is 1. The van der Waals surface area contributed by atoms with Gasteiger partial charge in [-0.25, -0.2) is 18.4 Å². The van der Waals surface area contributed by atoms with Gasteiger partial charge in [-0.3, -0.25) is 10.1 Å². The van der Waals surface area contributed by atoms with Crippen molar-refractivity contribution in [3.05, 3.63) is 28.3 Å². The highest BCUT2D eigenvalue weighted by Crippen LogP contribution is 2.27. The van der Waals surface area contributed by atoms with Crippen LogP contribution in [0.2, 0.25) is 0 Å². The van der Waals surface area contributed by atoms with Crippen molar-refractivity contribution in [2.45, 2.75) is 23.8 Å². The van der Waals surface area contributed by atoms with E-state index in [0.29, 0.717) is 25.9 Å². The van der Waals surface area contributed by atoms with Crippen molar-refractivity contribution < 1.29 is 22.9 Å². The van der Waals surface area contributed by atoms with Gasteiger partial charge in [0.25, 0.3) is 5.69 Å².